The van der Waals surface area contributed by atoms with Gasteiger partial charge >= 0.3 is 0 Å². The predicted octanol–water partition coefficient (Wildman–Crippen LogP) is 3.59. The van der Waals surface area contributed by atoms with Crippen LogP contribution in [0.15, 0.2) is 72.8 Å². The molecule has 1 heterocycles. The van der Waals surface area contributed by atoms with Crippen molar-refractivity contribution in [1.29, 1.82) is 0 Å². The van der Waals surface area contributed by atoms with Gasteiger partial charge in [0, 0.05) is 18.7 Å². The molecular formula is C24H19FN2O3. The number of hydrogen-bond acceptors (Lipinski definition) is 3. The smallest absolute Gasteiger partial charge is 0.261 e. The van der Waals surface area contributed by atoms with Gasteiger partial charge in [0.15, 0.2) is 0 Å². The quantitative estimate of drug-likeness (QED) is 0.641. The van der Waals surface area contributed by atoms with Crippen LogP contribution in [0, 0.1) is 5.82 Å². The van der Waals surface area contributed by atoms with Crippen molar-refractivity contribution >= 4 is 17.7 Å². The molecule has 5 nitrogen and oxygen atoms in total. The summed E-state index contributed by atoms with van der Waals surface area (Å²) >= 11 is 0. The molecule has 0 atom stereocenters. The first-order chi connectivity index (χ1) is 14.5. The molecule has 4 rings (SSSR count). The van der Waals surface area contributed by atoms with Gasteiger partial charge in [-0.2, -0.15) is 0 Å². The first-order valence-corrected chi connectivity index (χ1v) is 9.60. The van der Waals surface area contributed by atoms with Gasteiger partial charge in [0.2, 0.25) is 0 Å². The van der Waals surface area contributed by atoms with Crippen molar-refractivity contribution in [3.63, 3.8) is 0 Å². The zero-order valence-corrected chi connectivity index (χ0v) is 16.1. The minimum atomic E-state index is -0.390. The van der Waals surface area contributed by atoms with E-state index in [0.717, 1.165) is 11.1 Å². The van der Waals surface area contributed by atoms with E-state index < -0.39 is 0 Å². The Morgan fingerprint density at radius 1 is 0.833 bits per heavy atom. The van der Waals surface area contributed by atoms with E-state index in [1.165, 1.54) is 35.2 Å². The second-order valence-electron chi connectivity index (χ2n) is 7.07. The van der Waals surface area contributed by atoms with Gasteiger partial charge in [-0.25, -0.2) is 4.39 Å². The SMILES string of the molecule is O=C(NCc1ccc(F)cc1)c1ccc2c(c1)C(=O)N(CCc1ccccc1)C2=O. The van der Waals surface area contributed by atoms with Gasteiger partial charge in [-0.3, -0.25) is 19.3 Å². The number of nitrogens with one attached hydrogen (secondary N) is 1. The maximum atomic E-state index is 13.0. The molecule has 1 N–H and O–H groups in total. The van der Waals surface area contributed by atoms with Crippen LogP contribution in [0.5, 0.6) is 0 Å². The van der Waals surface area contributed by atoms with Crippen LogP contribution >= 0.6 is 0 Å². The number of carbonyl (C=O) groups is 3. The summed E-state index contributed by atoms with van der Waals surface area (Å²) in [5, 5.41) is 2.74. The van der Waals surface area contributed by atoms with Crippen molar-refractivity contribution in [2.75, 3.05) is 6.54 Å². The average Bonchev–Trinajstić information content (AvgIpc) is 3.01. The fraction of sp³-hybridized carbons (Fsp3) is 0.125. The zero-order chi connectivity index (χ0) is 21.1. The van der Waals surface area contributed by atoms with Crippen molar-refractivity contribution < 1.29 is 18.8 Å². The number of halogens is 1. The molecule has 0 bridgehead atoms. The number of benzene rings is 3. The lowest BCUT2D eigenvalue weighted by Crippen LogP contribution is -2.31. The molecule has 0 saturated carbocycles. The van der Waals surface area contributed by atoms with Gasteiger partial charge in [0.25, 0.3) is 17.7 Å². The Labute approximate surface area is 173 Å². The molecular weight excluding hydrogens is 383 g/mol. The van der Waals surface area contributed by atoms with E-state index in [2.05, 4.69) is 5.32 Å². The average molecular weight is 402 g/mol. The Morgan fingerprint density at radius 2 is 1.53 bits per heavy atom. The van der Waals surface area contributed by atoms with E-state index in [0.29, 0.717) is 17.5 Å². The Hall–Kier alpha value is -3.80. The molecule has 150 valence electrons. The lowest BCUT2D eigenvalue weighted by Gasteiger charge is -2.13. The summed E-state index contributed by atoms with van der Waals surface area (Å²) in [5.74, 6) is -1.45. The molecule has 0 radical (unpaired) electrons. The molecule has 1 aliphatic heterocycles. The Morgan fingerprint density at radius 3 is 2.27 bits per heavy atom. The lowest BCUT2D eigenvalue weighted by molar-refractivity contribution is 0.0656. The fourth-order valence-corrected chi connectivity index (χ4v) is 3.41. The maximum Gasteiger partial charge on any atom is 0.261 e. The molecule has 3 aromatic carbocycles. The topological polar surface area (TPSA) is 66.5 Å². The number of rotatable bonds is 6. The largest absolute Gasteiger partial charge is 0.348 e. The highest BCUT2D eigenvalue weighted by molar-refractivity contribution is 6.22. The van der Waals surface area contributed by atoms with E-state index in [-0.39, 0.29) is 42.2 Å². The van der Waals surface area contributed by atoms with E-state index >= 15 is 0 Å². The minimum absolute atomic E-state index is 0.228. The lowest BCUT2D eigenvalue weighted by atomic mass is 10.1. The van der Waals surface area contributed by atoms with E-state index in [1.54, 1.807) is 12.1 Å². The summed E-state index contributed by atoms with van der Waals surface area (Å²) < 4.78 is 13.0. The van der Waals surface area contributed by atoms with Crippen molar-refractivity contribution in [2.45, 2.75) is 13.0 Å². The van der Waals surface area contributed by atoms with Crippen molar-refractivity contribution in [1.82, 2.24) is 10.2 Å². The summed E-state index contributed by atoms with van der Waals surface area (Å²) in [6.45, 7) is 0.509. The molecule has 0 aromatic heterocycles. The number of nitrogens with zero attached hydrogens (tertiary/aromatic N) is 1. The third-order valence-electron chi connectivity index (χ3n) is 5.07. The molecule has 0 unspecified atom stereocenters. The van der Waals surface area contributed by atoms with Gasteiger partial charge in [0.05, 0.1) is 11.1 Å². The number of imide groups is 1. The van der Waals surface area contributed by atoms with Crippen molar-refractivity contribution in [2.24, 2.45) is 0 Å². The summed E-state index contributed by atoms with van der Waals surface area (Å²) in [6.07, 6.45) is 0.567. The summed E-state index contributed by atoms with van der Waals surface area (Å²) in [4.78, 5) is 39.1. The Kier molecular flexibility index (Phi) is 5.39. The molecule has 30 heavy (non-hydrogen) atoms. The van der Waals surface area contributed by atoms with Crippen LogP contribution in [0.3, 0.4) is 0 Å². The Balaban J connectivity index is 1.44. The van der Waals surface area contributed by atoms with Crippen molar-refractivity contribution in [3.05, 3.63) is 106 Å². The van der Waals surface area contributed by atoms with Crippen LogP contribution in [0.2, 0.25) is 0 Å². The molecule has 6 heteroatoms. The monoisotopic (exact) mass is 402 g/mol. The third kappa shape index (κ3) is 3.98. The standard InChI is InChI=1S/C24H19FN2O3/c25-19-9-6-17(7-10-19)15-26-22(28)18-8-11-20-21(14-18)24(30)27(23(20)29)13-12-16-4-2-1-3-5-16/h1-11,14H,12-13,15H2,(H,26,28). The molecule has 1 aliphatic rings. The van der Waals surface area contributed by atoms with E-state index in [9.17, 15) is 18.8 Å². The molecule has 3 amide bonds. The first kappa shape index (κ1) is 19.5. The molecule has 0 aliphatic carbocycles. The van der Waals surface area contributed by atoms with Crippen LogP contribution in [0.4, 0.5) is 4.39 Å². The number of amides is 3. The van der Waals surface area contributed by atoms with Gasteiger partial charge in [-0.15, -0.1) is 0 Å². The molecule has 0 saturated heterocycles. The summed E-state index contributed by atoms with van der Waals surface area (Å²) in [7, 11) is 0. The van der Waals surface area contributed by atoms with E-state index in [4.69, 9.17) is 0 Å². The second-order valence-corrected chi connectivity index (χ2v) is 7.07. The Bertz CT molecular complexity index is 1110. The number of carbonyl (C=O) groups excluding carboxylic acids is 3. The minimum Gasteiger partial charge on any atom is -0.348 e. The first-order valence-electron chi connectivity index (χ1n) is 9.60. The molecule has 3 aromatic rings. The van der Waals surface area contributed by atoms with Crippen LogP contribution in [0.1, 0.15) is 42.2 Å². The number of hydrogen-bond donors (Lipinski definition) is 1. The van der Waals surface area contributed by atoms with E-state index in [1.807, 2.05) is 30.3 Å². The highest BCUT2D eigenvalue weighted by atomic mass is 19.1. The summed E-state index contributed by atoms with van der Waals surface area (Å²) in [6, 6.07) is 20.0. The van der Waals surface area contributed by atoms with Gasteiger partial charge in [-0.1, -0.05) is 42.5 Å². The fourth-order valence-electron chi connectivity index (χ4n) is 3.41. The number of fused-ring (bicyclic) bond motifs is 1. The normalized spacial score (nSPS) is 12.8. The van der Waals surface area contributed by atoms with Gasteiger partial charge < -0.3 is 5.32 Å². The van der Waals surface area contributed by atoms with Crippen LogP contribution in [0.25, 0.3) is 0 Å². The zero-order valence-electron chi connectivity index (χ0n) is 16.1. The highest BCUT2D eigenvalue weighted by Crippen LogP contribution is 2.24. The van der Waals surface area contributed by atoms with Gasteiger partial charge in [0.1, 0.15) is 5.82 Å². The highest BCUT2D eigenvalue weighted by Gasteiger charge is 2.35. The second kappa shape index (κ2) is 8.29. The molecule has 0 fully saturated rings. The van der Waals surface area contributed by atoms with Crippen LogP contribution in [-0.2, 0) is 13.0 Å². The van der Waals surface area contributed by atoms with Crippen molar-refractivity contribution in [3.8, 4) is 0 Å². The predicted molar refractivity (Wildman–Crippen MR) is 110 cm³/mol. The maximum absolute atomic E-state index is 13.0. The van der Waals surface area contributed by atoms with Crippen LogP contribution < -0.4 is 5.32 Å². The third-order valence-corrected chi connectivity index (χ3v) is 5.07. The summed E-state index contributed by atoms with van der Waals surface area (Å²) in [5.41, 5.74) is 2.63. The van der Waals surface area contributed by atoms with Crippen LogP contribution in [-0.4, -0.2) is 29.2 Å². The van der Waals surface area contributed by atoms with Gasteiger partial charge in [-0.05, 0) is 47.9 Å². The molecule has 0 spiro atoms.